The van der Waals surface area contributed by atoms with Crippen molar-refractivity contribution in [2.24, 2.45) is 5.92 Å². The van der Waals surface area contributed by atoms with Crippen LogP contribution < -0.4 is 5.32 Å². The molecule has 3 rings (SSSR count). The number of aryl methyl sites for hydroxylation is 2. The fourth-order valence-electron chi connectivity index (χ4n) is 3.82. The predicted molar refractivity (Wildman–Crippen MR) is 85.3 cm³/mol. The van der Waals surface area contributed by atoms with Crippen molar-refractivity contribution in [2.45, 2.75) is 70.8 Å². The van der Waals surface area contributed by atoms with E-state index < -0.39 is 0 Å². The van der Waals surface area contributed by atoms with Crippen molar-refractivity contribution in [1.82, 2.24) is 4.98 Å². The summed E-state index contributed by atoms with van der Waals surface area (Å²) in [4.78, 5) is 4.80. The molecule has 1 saturated carbocycles. The molecule has 0 spiro atoms. The number of aromatic nitrogens is 1. The molecule has 0 saturated heterocycles. The zero-order chi connectivity index (χ0) is 14.7. The highest BCUT2D eigenvalue weighted by Gasteiger charge is 2.23. The molecular weight excluding hydrogens is 258 g/mol. The van der Waals surface area contributed by atoms with Crippen LogP contribution in [-0.2, 0) is 12.8 Å². The van der Waals surface area contributed by atoms with Gasteiger partial charge in [0.2, 0.25) is 0 Å². The van der Waals surface area contributed by atoms with E-state index in [0.29, 0.717) is 6.04 Å². The quantitative estimate of drug-likeness (QED) is 0.903. The van der Waals surface area contributed by atoms with Gasteiger partial charge in [-0.05, 0) is 56.1 Å². The molecular formula is C18H25N3. The minimum absolute atomic E-state index is 0.491. The van der Waals surface area contributed by atoms with Crippen molar-refractivity contribution in [2.75, 3.05) is 5.32 Å². The minimum atomic E-state index is 0.491. The van der Waals surface area contributed by atoms with Gasteiger partial charge in [0.15, 0.2) is 0 Å². The molecule has 2 aliphatic rings. The van der Waals surface area contributed by atoms with Crippen LogP contribution in [0.1, 0.15) is 68.7 Å². The highest BCUT2D eigenvalue weighted by Crippen LogP contribution is 2.30. The van der Waals surface area contributed by atoms with E-state index >= 15 is 0 Å². The van der Waals surface area contributed by atoms with Crippen molar-refractivity contribution in [3.8, 4) is 6.07 Å². The summed E-state index contributed by atoms with van der Waals surface area (Å²) in [6.07, 6.45) is 11.0. The fraction of sp³-hybridized carbons (Fsp3) is 0.667. The van der Waals surface area contributed by atoms with Gasteiger partial charge in [0.25, 0.3) is 0 Å². The summed E-state index contributed by atoms with van der Waals surface area (Å²) in [7, 11) is 0. The number of hydrogen-bond donors (Lipinski definition) is 1. The van der Waals surface area contributed by atoms with Gasteiger partial charge in [-0.2, -0.15) is 5.26 Å². The third-order valence-corrected chi connectivity index (χ3v) is 5.12. The number of nitrogens with zero attached hydrogens (tertiary/aromatic N) is 2. The van der Waals surface area contributed by atoms with Crippen LogP contribution in [0.25, 0.3) is 0 Å². The van der Waals surface area contributed by atoms with Crippen LogP contribution in [0.3, 0.4) is 0 Å². The monoisotopic (exact) mass is 283 g/mol. The molecule has 21 heavy (non-hydrogen) atoms. The number of nitriles is 1. The van der Waals surface area contributed by atoms with Gasteiger partial charge in [0.1, 0.15) is 11.9 Å². The lowest BCUT2D eigenvalue weighted by Crippen LogP contribution is -2.28. The second kappa shape index (κ2) is 6.47. The van der Waals surface area contributed by atoms with Crippen LogP contribution in [0.5, 0.6) is 0 Å². The van der Waals surface area contributed by atoms with Crippen LogP contribution in [0.15, 0.2) is 6.07 Å². The summed E-state index contributed by atoms with van der Waals surface area (Å²) in [5, 5.41) is 13.0. The number of anilines is 1. The maximum absolute atomic E-state index is 9.42. The summed E-state index contributed by atoms with van der Waals surface area (Å²) in [6, 6.07) is 4.90. The van der Waals surface area contributed by atoms with Gasteiger partial charge in [-0.15, -0.1) is 0 Å². The van der Waals surface area contributed by atoms with E-state index in [1.165, 1.54) is 56.2 Å². The van der Waals surface area contributed by atoms with Crippen LogP contribution >= 0.6 is 0 Å². The van der Waals surface area contributed by atoms with E-state index in [0.717, 1.165) is 30.1 Å². The van der Waals surface area contributed by atoms with E-state index in [2.05, 4.69) is 24.4 Å². The van der Waals surface area contributed by atoms with Gasteiger partial charge in [-0.3, -0.25) is 0 Å². The third kappa shape index (κ3) is 3.20. The first-order valence-electron chi connectivity index (χ1n) is 8.49. The molecule has 1 N–H and O–H groups in total. The molecule has 1 heterocycles. The SMILES string of the molecule is CCC1CCCC(Nc2nc3c(cc2C#N)CCCC3)C1. The standard InChI is InChI=1S/C18H25N3/c1-2-13-6-5-8-16(10-13)20-18-15(12-19)11-14-7-3-4-9-17(14)21-18/h11,13,16H,2-10H2,1H3,(H,20,21). The first-order chi connectivity index (χ1) is 10.3. The Balaban J connectivity index is 1.79. The Bertz CT molecular complexity index is 544. The maximum Gasteiger partial charge on any atom is 0.144 e. The topological polar surface area (TPSA) is 48.7 Å². The van der Waals surface area contributed by atoms with Crippen LogP contribution in [0.4, 0.5) is 5.82 Å². The molecule has 2 atom stereocenters. The Hall–Kier alpha value is -1.56. The van der Waals surface area contributed by atoms with Crippen LogP contribution in [-0.4, -0.2) is 11.0 Å². The molecule has 112 valence electrons. The Kier molecular flexibility index (Phi) is 4.43. The van der Waals surface area contributed by atoms with Crippen molar-refractivity contribution >= 4 is 5.82 Å². The Labute approximate surface area is 127 Å². The highest BCUT2D eigenvalue weighted by molar-refractivity contribution is 5.55. The number of hydrogen-bond acceptors (Lipinski definition) is 3. The van der Waals surface area contributed by atoms with Crippen LogP contribution in [0.2, 0.25) is 0 Å². The molecule has 0 aromatic carbocycles. The Morgan fingerprint density at radius 2 is 2.14 bits per heavy atom. The smallest absolute Gasteiger partial charge is 0.144 e. The molecule has 0 radical (unpaired) electrons. The van der Waals surface area contributed by atoms with E-state index in [1.54, 1.807) is 0 Å². The van der Waals surface area contributed by atoms with Crippen molar-refractivity contribution < 1.29 is 0 Å². The first kappa shape index (κ1) is 14.4. The van der Waals surface area contributed by atoms with Crippen molar-refractivity contribution in [3.63, 3.8) is 0 Å². The van der Waals surface area contributed by atoms with Crippen molar-refractivity contribution in [1.29, 1.82) is 5.26 Å². The molecule has 2 aliphatic carbocycles. The molecule has 0 amide bonds. The lowest BCUT2D eigenvalue weighted by Gasteiger charge is -2.30. The molecule has 1 aromatic rings. The lowest BCUT2D eigenvalue weighted by atomic mass is 9.84. The normalized spacial score (nSPS) is 25.0. The minimum Gasteiger partial charge on any atom is -0.366 e. The number of fused-ring (bicyclic) bond motifs is 1. The average molecular weight is 283 g/mol. The largest absolute Gasteiger partial charge is 0.366 e. The Morgan fingerprint density at radius 3 is 2.95 bits per heavy atom. The van der Waals surface area contributed by atoms with Gasteiger partial charge >= 0.3 is 0 Å². The molecule has 3 nitrogen and oxygen atoms in total. The molecule has 1 aromatic heterocycles. The highest BCUT2D eigenvalue weighted by atomic mass is 15.0. The van der Waals surface area contributed by atoms with E-state index in [4.69, 9.17) is 4.98 Å². The number of pyridine rings is 1. The zero-order valence-corrected chi connectivity index (χ0v) is 13.0. The average Bonchev–Trinajstić information content (AvgIpc) is 2.54. The fourth-order valence-corrected chi connectivity index (χ4v) is 3.82. The van der Waals surface area contributed by atoms with E-state index in [1.807, 2.05) is 0 Å². The summed E-state index contributed by atoms with van der Waals surface area (Å²) in [5.74, 6) is 1.67. The second-order valence-corrected chi connectivity index (χ2v) is 6.59. The van der Waals surface area contributed by atoms with Gasteiger partial charge in [-0.1, -0.05) is 26.2 Å². The van der Waals surface area contributed by atoms with Gasteiger partial charge < -0.3 is 5.32 Å². The molecule has 1 fully saturated rings. The number of rotatable bonds is 3. The summed E-state index contributed by atoms with van der Waals surface area (Å²) in [5.41, 5.74) is 3.23. The summed E-state index contributed by atoms with van der Waals surface area (Å²) in [6.45, 7) is 2.28. The maximum atomic E-state index is 9.42. The molecule has 3 heteroatoms. The van der Waals surface area contributed by atoms with E-state index in [-0.39, 0.29) is 0 Å². The third-order valence-electron chi connectivity index (χ3n) is 5.12. The molecule has 0 bridgehead atoms. The summed E-state index contributed by atoms with van der Waals surface area (Å²) < 4.78 is 0. The van der Waals surface area contributed by atoms with Gasteiger partial charge in [0.05, 0.1) is 5.56 Å². The van der Waals surface area contributed by atoms with Crippen LogP contribution in [0, 0.1) is 17.2 Å². The second-order valence-electron chi connectivity index (χ2n) is 6.59. The van der Waals surface area contributed by atoms with Gasteiger partial charge in [-0.25, -0.2) is 4.98 Å². The zero-order valence-electron chi connectivity index (χ0n) is 13.0. The van der Waals surface area contributed by atoms with Crippen molar-refractivity contribution in [3.05, 3.63) is 22.9 Å². The lowest BCUT2D eigenvalue weighted by molar-refractivity contribution is 0.327. The Morgan fingerprint density at radius 1 is 1.29 bits per heavy atom. The predicted octanol–water partition coefficient (Wildman–Crippen LogP) is 4.21. The van der Waals surface area contributed by atoms with Gasteiger partial charge in [0, 0.05) is 11.7 Å². The summed E-state index contributed by atoms with van der Waals surface area (Å²) >= 11 is 0. The first-order valence-corrected chi connectivity index (χ1v) is 8.49. The number of nitrogens with one attached hydrogen (secondary N) is 1. The molecule has 2 unspecified atom stereocenters. The van der Waals surface area contributed by atoms with E-state index in [9.17, 15) is 5.26 Å². The molecule has 0 aliphatic heterocycles.